The summed E-state index contributed by atoms with van der Waals surface area (Å²) in [4.78, 5) is 2.03. The molecule has 0 radical (unpaired) electrons. The summed E-state index contributed by atoms with van der Waals surface area (Å²) in [6.45, 7) is 6.10. The van der Waals surface area contributed by atoms with Gasteiger partial charge in [0.15, 0.2) is 0 Å². The topological polar surface area (TPSA) is 40.5 Å². The molecule has 1 heterocycles. The van der Waals surface area contributed by atoms with Crippen LogP contribution in [-0.2, 0) is 0 Å². The Morgan fingerprint density at radius 2 is 1.80 bits per heavy atom. The molecule has 2 atom stereocenters. The monoisotopic (exact) mass is 228 g/mol. The lowest BCUT2D eigenvalue weighted by molar-refractivity contribution is -0.0191. The SMILES string of the molecule is CCC(CC)C(O)C(O)c1ccc(C)s1. The fourth-order valence-electron chi connectivity index (χ4n) is 1.81. The van der Waals surface area contributed by atoms with E-state index in [2.05, 4.69) is 0 Å². The third kappa shape index (κ3) is 3.03. The van der Waals surface area contributed by atoms with Crippen LogP contribution < -0.4 is 0 Å². The zero-order valence-corrected chi connectivity index (χ0v) is 10.4. The number of aliphatic hydroxyl groups is 2. The average molecular weight is 228 g/mol. The van der Waals surface area contributed by atoms with Crippen molar-refractivity contribution in [2.45, 2.75) is 45.8 Å². The van der Waals surface area contributed by atoms with Crippen molar-refractivity contribution in [1.82, 2.24) is 0 Å². The van der Waals surface area contributed by atoms with E-state index >= 15 is 0 Å². The molecule has 2 nitrogen and oxygen atoms in total. The van der Waals surface area contributed by atoms with Gasteiger partial charge in [-0.2, -0.15) is 0 Å². The van der Waals surface area contributed by atoms with Gasteiger partial charge in [0.2, 0.25) is 0 Å². The Hall–Kier alpha value is -0.380. The molecule has 1 aromatic heterocycles. The second kappa shape index (κ2) is 5.64. The second-order valence-electron chi connectivity index (χ2n) is 3.96. The molecule has 2 N–H and O–H groups in total. The van der Waals surface area contributed by atoms with Gasteiger partial charge in [0.1, 0.15) is 6.10 Å². The summed E-state index contributed by atoms with van der Waals surface area (Å²) < 4.78 is 0. The molecule has 0 aliphatic heterocycles. The van der Waals surface area contributed by atoms with Crippen molar-refractivity contribution in [3.63, 3.8) is 0 Å². The summed E-state index contributed by atoms with van der Waals surface area (Å²) in [6, 6.07) is 3.87. The van der Waals surface area contributed by atoms with E-state index in [0.717, 1.165) is 17.7 Å². The van der Waals surface area contributed by atoms with Gasteiger partial charge < -0.3 is 10.2 Å². The number of hydrogen-bond acceptors (Lipinski definition) is 3. The van der Waals surface area contributed by atoms with Crippen LogP contribution in [0, 0.1) is 12.8 Å². The van der Waals surface area contributed by atoms with E-state index in [4.69, 9.17) is 0 Å². The molecular formula is C12H20O2S. The Labute approximate surface area is 95.6 Å². The minimum atomic E-state index is -0.728. The summed E-state index contributed by atoms with van der Waals surface area (Å²) in [5.41, 5.74) is 0. The van der Waals surface area contributed by atoms with Crippen LogP contribution in [0.2, 0.25) is 0 Å². The molecule has 3 heteroatoms. The van der Waals surface area contributed by atoms with Crippen molar-refractivity contribution >= 4 is 11.3 Å². The van der Waals surface area contributed by atoms with Crippen LogP contribution >= 0.6 is 11.3 Å². The van der Waals surface area contributed by atoms with Crippen LogP contribution in [0.1, 0.15) is 42.5 Å². The normalized spacial score (nSPS) is 15.6. The number of thiophene rings is 1. The smallest absolute Gasteiger partial charge is 0.114 e. The summed E-state index contributed by atoms with van der Waals surface area (Å²) in [6.07, 6.45) is 0.435. The molecule has 15 heavy (non-hydrogen) atoms. The van der Waals surface area contributed by atoms with E-state index in [1.807, 2.05) is 32.9 Å². The number of rotatable bonds is 5. The van der Waals surface area contributed by atoms with Gasteiger partial charge >= 0.3 is 0 Å². The molecule has 0 aromatic carbocycles. The molecule has 0 saturated carbocycles. The number of aliphatic hydroxyl groups excluding tert-OH is 2. The predicted molar refractivity (Wildman–Crippen MR) is 64.1 cm³/mol. The van der Waals surface area contributed by atoms with Crippen LogP contribution in [0.5, 0.6) is 0 Å². The fraction of sp³-hybridized carbons (Fsp3) is 0.667. The number of hydrogen-bond donors (Lipinski definition) is 2. The number of aryl methyl sites for hydroxylation is 1. The van der Waals surface area contributed by atoms with Gasteiger partial charge in [0.25, 0.3) is 0 Å². The molecular weight excluding hydrogens is 208 g/mol. The standard InChI is InChI=1S/C12H20O2S/c1-4-9(5-2)11(13)12(14)10-7-6-8(3)15-10/h6-7,9,11-14H,4-5H2,1-3H3. The Kier molecular flexibility index (Phi) is 4.77. The Morgan fingerprint density at radius 1 is 1.20 bits per heavy atom. The third-order valence-corrected chi connectivity index (χ3v) is 3.98. The van der Waals surface area contributed by atoms with Gasteiger partial charge in [-0.15, -0.1) is 11.3 Å². The van der Waals surface area contributed by atoms with Gasteiger partial charge in [-0.05, 0) is 25.0 Å². The van der Waals surface area contributed by atoms with Crippen LogP contribution in [-0.4, -0.2) is 16.3 Å². The molecule has 0 saturated heterocycles. The second-order valence-corrected chi connectivity index (χ2v) is 5.28. The van der Waals surface area contributed by atoms with E-state index in [-0.39, 0.29) is 5.92 Å². The molecule has 1 aromatic rings. The highest BCUT2D eigenvalue weighted by Crippen LogP contribution is 2.30. The molecule has 2 unspecified atom stereocenters. The zero-order valence-electron chi connectivity index (χ0n) is 9.60. The molecule has 0 fully saturated rings. The largest absolute Gasteiger partial charge is 0.390 e. The van der Waals surface area contributed by atoms with Crippen molar-refractivity contribution in [3.8, 4) is 0 Å². The van der Waals surface area contributed by atoms with Gasteiger partial charge in [0, 0.05) is 9.75 Å². The molecule has 0 aliphatic rings. The van der Waals surface area contributed by atoms with Crippen molar-refractivity contribution in [1.29, 1.82) is 0 Å². The van der Waals surface area contributed by atoms with E-state index in [0.29, 0.717) is 0 Å². The van der Waals surface area contributed by atoms with Crippen molar-refractivity contribution in [3.05, 3.63) is 21.9 Å². The maximum absolute atomic E-state index is 10.00. The van der Waals surface area contributed by atoms with Crippen molar-refractivity contribution in [2.75, 3.05) is 0 Å². The Balaban J connectivity index is 2.71. The van der Waals surface area contributed by atoms with Gasteiger partial charge in [-0.3, -0.25) is 0 Å². The first kappa shape index (κ1) is 12.7. The summed E-state index contributed by atoms with van der Waals surface area (Å²) in [7, 11) is 0. The van der Waals surface area contributed by atoms with E-state index in [1.165, 1.54) is 4.88 Å². The van der Waals surface area contributed by atoms with Crippen LogP contribution in [0.4, 0.5) is 0 Å². The van der Waals surface area contributed by atoms with Crippen LogP contribution in [0.15, 0.2) is 12.1 Å². The quantitative estimate of drug-likeness (QED) is 0.813. The molecule has 1 rings (SSSR count). The van der Waals surface area contributed by atoms with Gasteiger partial charge in [0.05, 0.1) is 6.10 Å². The van der Waals surface area contributed by atoms with Crippen LogP contribution in [0.3, 0.4) is 0 Å². The average Bonchev–Trinajstić information content (AvgIpc) is 2.65. The van der Waals surface area contributed by atoms with Gasteiger partial charge in [-0.1, -0.05) is 26.7 Å². The lowest BCUT2D eigenvalue weighted by Crippen LogP contribution is -2.26. The molecule has 0 bridgehead atoms. The third-order valence-electron chi connectivity index (χ3n) is 2.91. The highest BCUT2D eigenvalue weighted by Gasteiger charge is 2.25. The van der Waals surface area contributed by atoms with E-state index in [1.54, 1.807) is 11.3 Å². The molecule has 0 spiro atoms. The first-order valence-corrected chi connectivity index (χ1v) is 6.34. The zero-order chi connectivity index (χ0) is 11.4. The highest BCUT2D eigenvalue weighted by atomic mass is 32.1. The van der Waals surface area contributed by atoms with Gasteiger partial charge in [-0.25, -0.2) is 0 Å². The minimum absolute atomic E-state index is 0.183. The lowest BCUT2D eigenvalue weighted by Gasteiger charge is -2.24. The maximum atomic E-state index is 10.00. The van der Waals surface area contributed by atoms with Crippen molar-refractivity contribution in [2.24, 2.45) is 5.92 Å². The predicted octanol–water partition coefficient (Wildman–Crippen LogP) is 2.89. The van der Waals surface area contributed by atoms with Crippen molar-refractivity contribution < 1.29 is 10.2 Å². The molecule has 0 aliphatic carbocycles. The first-order valence-electron chi connectivity index (χ1n) is 5.52. The van der Waals surface area contributed by atoms with Crippen LogP contribution in [0.25, 0.3) is 0 Å². The van der Waals surface area contributed by atoms with E-state index < -0.39 is 12.2 Å². The summed E-state index contributed by atoms with van der Waals surface area (Å²) in [5, 5.41) is 20.0. The lowest BCUT2D eigenvalue weighted by atomic mass is 9.92. The van der Waals surface area contributed by atoms with E-state index in [9.17, 15) is 10.2 Å². The Morgan fingerprint density at radius 3 is 2.20 bits per heavy atom. The summed E-state index contributed by atoms with van der Waals surface area (Å²) in [5.74, 6) is 0.183. The summed E-state index contributed by atoms with van der Waals surface area (Å²) >= 11 is 1.55. The first-order chi connectivity index (χ1) is 7.10. The maximum Gasteiger partial charge on any atom is 0.114 e. The molecule has 0 amide bonds. The Bertz CT molecular complexity index is 292. The minimum Gasteiger partial charge on any atom is -0.390 e. The highest BCUT2D eigenvalue weighted by molar-refractivity contribution is 7.12. The fourth-order valence-corrected chi connectivity index (χ4v) is 2.71. The molecule has 86 valence electrons.